The molecule has 0 spiro atoms. The summed E-state index contributed by atoms with van der Waals surface area (Å²) < 4.78 is 0. The Labute approximate surface area is 163 Å². The van der Waals surface area contributed by atoms with Gasteiger partial charge in [-0.15, -0.1) is 0 Å². The van der Waals surface area contributed by atoms with E-state index in [1.807, 2.05) is 26.0 Å². The van der Waals surface area contributed by atoms with Crippen LogP contribution in [-0.2, 0) is 13.1 Å². The monoisotopic (exact) mass is 376 g/mol. The van der Waals surface area contributed by atoms with Crippen molar-refractivity contribution in [3.63, 3.8) is 0 Å². The third-order valence-corrected chi connectivity index (χ3v) is 5.02. The molecule has 0 aliphatic rings. The Morgan fingerprint density at radius 1 is 0.852 bits per heavy atom. The Morgan fingerprint density at radius 3 is 1.96 bits per heavy atom. The smallest absolute Gasteiger partial charge is 0.159 e. The van der Waals surface area contributed by atoms with Crippen molar-refractivity contribution in [1.29, 1.82) is 0 Å². The average molecular weight is 377 g/mol. The van der Waals surface area contributed by atoms with Crippen LogP contribution in [0.3, 0.4) is 0 Å². The normalized spacial score (nSPS) is 11.1. The molecular weight excluding hydrogens is 356 g/mol. The van der Waals surface area contributed by atoms with Crippen molar-refractivity contribution in [3.05, 3.63) is 88.3 Å². The van der Waals surface area contributed by atoms with Crippen molar-refractivity contribution in [2.24, 2.45) is 0 Å². The molecule has 4 rings (SSSR count). The molecule has 0 aliphatic carbocycles. The molecule has 5 heteroatoms. The zero-order valence-electron chi connectivity index (χ0n) is 15.4. The Morgan fingerprint density at radius 2 is 1.41 bits per heavy atom. The second-order valence-electron chi connectivity index (χ2n) is 6.72. The number of benzene rings is 2. The number of rotatable bonds is 5. The molecule has 4 aromatic rings. The van der Waals surface area contributed by atoms with Crippen LogP contribution in [0.2, 0.25) is 5.15 Å². The average Bonchev–Trinajstić information content (AvgIpc) is 3.08. The molecule has 0 bridgehead atoms. The number of nitrogens with zero attached hydrogens (tertiary/aromatic N) is 3. The molecule has 1 N–H and O–H groups in total. The summed E-state index contributed by atoms with van der Waals surface area (Å²) in [6.07, 6.45) is 0. The second-order valence-corrected chi connectivity index (χ2v) is 7.08. The van der Waals surface area contributed by atoms with Crippen molar-refractivity contribution in [2.45, 2.75) is 26.9 Å². The molecule has 2 heterocycles. The van der Waals surface area contributed by atoms with E-state index in [0.717, 1.165) is 41.3 Å². The summed E-state index contributed by atoms with van der Waals surface area (Å²) in [5, 5.41) is 0.507. The standard InChI is InChI=1S/C22H21ClN4/c1-15-19-20(25-16(2)24-19)22(26-21(15)23)27(13-17-9-5-3-6-10-17)14-18-11-7-4-8-12-18/h3-12H,13-14H2,1-2H3,(H,24,25). The zero-order valence-corrected chi connectivity index (χ0v) is 16.2. The van der Waals surface area contributed by atoms with Crippen LogP contribution in [0.1, 0.15) is 22.5 Å². The lowest BCUT2D eigenvalue weighted by atomic mass is 10.1. The van der Waals surface area contributed by atoms with E-state index in [1.54, 1.807) is 0 Å². The number of aryl methyl sites for hydroxylation is 2. The summed E-state index contributed by atoms with van der Waals surface area (Å²) in [7, 11) is 0. The van der Waals surface area contributed by atoms with E-state index in [4.69, 9.17) is 21.6 Å². The van der Waals surface area contributed by atoms with Gasteiger partial charge in [-0.3, -0.25) is 0 Å². The first kappa shape index (κ1) is 17.6. The molecule has 0 saturated carbocycles. The van der Waals surface area contributed by atoms with E-state index in [-0.39, 0.29) is 0 Å². The number of hydrogen-bond acceptors (Lipinski definition) is 3. The number of aromatic amines is 1. The highest BCUT2D eigenvalue weighted by Crippen LogP contribution is 2.31. The molecule has 136 valence electrons. The number of aromatic nitrogens is 3. The van der Waals surface area contributed by atoms with Crippen LogP contribution in [0, 0.1) is 13.8 Å². The lowest BCUT2D eigenvalue weighted by Crippen LogP contribution is -2.23. The Bertz CT molecular complexity index is 1020. The van der Waals surface area contributed by atoms with E-state index in [1.165, 1.54) is 11.1 Å². The summed E-state index contributed by atoms with van der Waals surface area (Å²) in [6.45, 7) is 5.37. The maximum atomic E-state index is 6.47. The lowest BCUT2D eigenvalue weighted by Gasteiger charge is -2.25. The number of pyridine rings is 1. The molecular formula is C22H21ClN4. The van der Waals surface area contributed by atoms with Gasteiger partial charge in [0.05, 0.1) is 5.52 Å². The third kappa shape index (κ3) is 3.67. The van der Waals surface area contributed by atoms with Crippen LogP contribution in [0.15, 0.2) is 60.7 Å². The number of nitrogens with one attached hydrogen (secondary N) is 1. The Balaban J connectivity index is 1.82. The van der Waals surface area contributed by atoms with Gasteiger partial charge in [-0.1, -0.05) is 72.3 Å². The summed E-state index contributed by atoms with van der Waals surface area (Å²) in [5.41, 5.74) is 5.17. The molecule has 27 heavy (non-hydrogen) atoms. The molecule has 0 radical (unpaired) electrons. The lowest BCUT2D eigenvalue weighted by molar-refractivity contribution is 0.786. The number of fused-ring (bicyclic) bond motifs is 1. The van der Waals surface area contributed by atoms with E-state index in [9.17, 15) is 0 Å². The fourth-order valence-corrected chi connectivity index (χ4v) is 3.47. The van der Waals surface area contributed by atoms with Crippen LogP contribution in [0.25, 0.3) is 11.0 Å². The first-order valence-electron chi connectivity index (χ1n) is 8.97. The minimum absolute atomic E-state index is 0.507. The third-order valence-electron chi connectivity index (χ3n) is 4.65. The molecule has 0 unspecified atom stereocenters. The van der Waals surface area contributed by atoms with Crippen LogP contribution < -0.4 is 4.90 Å². The number of anilines is 1. The van der Waals surface area contributed by atoms with Gasteiger partial charge in [-0.2, -0.15) is 0 Å². The highest BCUT2D eigenvalue weighted by molar-refractivity contribution is 6.31. The highest BCUT2D eigenvalue weighted by atomic mass is 35.5. The largest absolute Gasteiger partial charge is 0.346 e. The van der Waals surface area contributed by atoms with Crippen molar-refractivity contribution in [3.8, 4) is 0 Å². The van der Waals surface area contributed by atoms with Crippen molar-refractivity contribution in [2.75, 3.05) is 4.90 Å². The fourth-order valence-electron chi connectivity index (χ4n) is 3.29. The summed E-state index contributed by atoms with van der Waals surface area (Å²) in [5.74, 6) is 1.66. The Kier molecular flexibility index (Phi) is 4.82. The van der Waals surface area contributed by atoms with Crippen LogP contribution in [-0.4, -0.2) is 15.0 Å². The van der Waals surface area contributed by atoms with Gasteiger partial charge in [0.1, 0.15) is 16.5 Å². The Hall–Kier alpha value is -2.85. The summed E-state index contributed by atoms with van der Waals surface area (Å²) >= 11 is 6.47. The van der Waals surface area contributed by atoms with Gasteiger partial charge in [0, 0.05) is 18.7 Å². The van der Waals surface area contributed by atoms with E-state index >= 15 is 0 Å². The van der Waals surface area contributed by atoms with Crippen LogP contribution >= 0.6 is 11.6 Å². The molecule has 0 fully saturated rings. The molecule has 0 aliphatic heterocycles. The van der Waals surface area contributed by atoms with E-state index < -0.39 is 0 Å². The number of hydrogen-bond donors (Lipinski definition) is 1. The van der Waals surface area contributed by atoms with Crippen LogP contribution in [0.4, 0.5) is 5.82 Å². The minimum Gasteiger partial charge on any atom is -0.346 e. The predicted molar refractivity (Wildman–Crippen MR) is 111 cm³/mol. The van der Waals surface area contributed by atoms with Gasteiger partial charge in [0.15, 0.2) is 5.82 Å². The van der Waals surface area contributed by atoms with Crippen molar-refractivity contribution < 1.29 is 0 Å². The topological polar surface area (TPSA) is 44.8 Å². The maximum Gasteiger partial charge on any atom is 0.159 e. The first-order chi connectivity index (χ1) is 13.1. The second kappa shape index (κ2) is 7.41. The predicted octanol–water partition coefficient (Wildman–Crippen LogP) is 5.43. The number of imidazole rings is 1. The molecule has 4 nitrogen and oxygen atoms in total. The summed E-state index contributed by atoms with van der Waals surface area (Å²) in [6, 6.07) is 20.8. The molecule has 0 saturated heterocycles. The quantitative estimate of drug-likeness (QED) is 0.472. The van der Waals surface area contributed by atoms with Crippen molar-refractivity contribution >= 4 is 28.5 Å². The van der Waals surface area contributed by atoms with Gasteiger partial charge in [-0.05, 0) is 25.0 Å². The zero-order chi connectivity index (χ0) is 18.8. The SMILES string of the molecule is Cc1nc2c(N(Cc3ccccc3)Cc3ccccc3)nc(Cl)c(C)c2[nH]1. The molecule has 2 aromatic carbocycles. The first-order valence-corrected chi connectivity index (χ1v) is 9.35. The maximum absolute atomic E-state index is 6.47. The van der Waals surface area contributed by atoms with E-state index in [0.29, 0.717) is 5.15 Å². The molecule has 0 atom stereocenters. The summed E-state index contributed by atoms with van der Waals surface area (Å²) in [4.78, 5) is 15.0. The minimum atomic E-state index is 0.507. The fraction of sp³-hybridized carbons (Fsp3) is 0.182. The van der Waals surface area contributed by atoms with Gasteiger partial charge in [0.2, 0.25) is 0 Å². The van der Waals surface area contributed by atoms with Crippen LogP contribution in [0.5, 0.6) is 0 Å². The van der Waals surface area contributed by atoms with Gasteiger partial charge < -0.3 is 9.88 Å². The number of halogens is 1. The van der Waals surface area contributed by atoms with E-state index in [2.05, 4.69) is 58.4 Å². The molecule has 2 aromatic heterocycles. The number of H-pyrrole nitrogens is 1. The molecule has 0 amide bonds. The van der Waals surface area contributed by atoms with Gasteiger partial charge >= 0.3 is 0 Å². The van der Waals surface area contributed by atoms with Crippen molar-refractivity contribution in [1.82, 2.24) is 15.0 Å². The van der Waals surface area contributed by atoms with Gasteiger partial charge in [-0.25, -0.2) is 9.97 Å². The van der Waals surface area contributed by atoms with Gasteiger partial charge in [0.25, 0.3) is 0 Å². The highest BCUT2D eigenvalue weighted by Gasteiger charge is 2.19.